The van der Waals surface area contributed by atoms with E-state index in [1.807, 2.05) is 24.3 Å². The Labute approximate surface area is 167 Å². The summed E-state index contributed by atoms with van der Waals surface area (Å²) in [4.78, 5) is 31.7. The first kappa shape index (κ1) is 17.5. The highest BCUT2D eigenvalue weighted by Crippen LogP contribution is 2.42. The van der Waals surface area contributed by atoms with E-state index in [2.05, 4.69) is 24.3 Å². The van der Waals surface area contributed by atoms with Gasteiger partial charge in [0.05, 0.1) is 9.75 Å². The maximum Gasteiger partial charge on any atom is 0.169 e. The number of rotatable bonds is 5. The summed E-state index contributed by atoms with van der Waals surface area (Å²) in [6.07, 6.45) is 0. The van der Waals surface area contributed by atoms with Crippen LogP contribution in [0.2, 0.25) is 0 Å². The molecule has 0 unspecified atom stereocenters. The molecule has 4 aromatic heterocycles. The van der Waals surface area contributed by atoms with Gasteiger partial charge in [0.15, 0.2) is 11.6 Å². The molecule has 4 heterocycles. The van der Waals surface area contributed by atoms with E-state index in [-0.39, 0.29) is 11.6 Å². The second kappa shape index (κ2) is 7.04. The van der Waals surface area contributed by atoms with E-state index in [0.29, 0.717) is 0 Å². The summed E-state index contributed by atoms with van der Waals surface area (Å²) in [5, 5.41) is 0. The van der Waals surface area contributed by atoms with Gasteiger partial charge in [0.1, 0.15) is 0 Å². The van der Waals surface area contributed by atoms with E-state index in [1.54, 1.807) is 59.2 Å². The zero-order valence-electron chi connectivity index (χ0n) is 14.1. The average Bonchev–Trinajstić information content (AvgIpc) is 3.40. The molecule has 0 fully saturated rings. The third-order valence-corrected chi connectivity index (χ3v) is 8.98. The van der Waals surface area contributed by atoms with E-state index < -0.39 is 0 Å². The third-order valence-electron chi connectivity index (χ3n) is 3.85. The van der Waals surface area contributed by atoms with Crippen molar-refractivity contribution in [2.24, 2.45) is 0 Å². The van der Waals surface area contributed by atoms with Crippen molar-refractivity contribution < 1.29 is 9.59 Å². The number of hydrogen-bond donors (Lipinski definition) is 0. The third kappa shape index (κ3) is 3.38. The summed E-state index contributed by atoms with van der Waals surface area (Å²) in [5.41, 5.74) is 0. The predicted molar refractivity (Wildman–Crippen MR) is 114 cm³/mol. The van der Waals surface area contributed by atoms with Crippen LogP contribution >= 0.6 is 45.3 Å². The molecule has 0 amide bonds. The number of ketones is 2. The molecule has 0 aromatic carbocycles. The summed E-state index contributed by atoms with van der Waals surface area (Å²) in [6, 6.07) is 16.3. The number of hydrogen-bond acceptors (Lipinski definition) is 6. The van der Waals surface area contributed by atoms with Gasteiger partial charge in [0.2, 0.25) is 0 Å². The normalized spacial score (nSPS) is 11.0. The van der Waals surface area contributed by atoms with Gasteiger partial charge in [-0.25, -0.2) is 0 Å². The van der Waals surface area contributed by atoms with Gasteiger partial charge in [-0.05, 0) is 62.4 Å². The Morgan fingerprint density at radius 2 is 0.769 bits per heavy atom. The standard InChI is InChI=1S/C20H14O2S4/c1-11(21)13-3-5-15(23-13)17-7-9-19(25-17)20-10-8-18(26-20)16-6-4-14(24-16)12(2)22/h3-10H,1-2H3. The van der Waals surface area contributed by atoms with E-state index >= 15 is 0 Å². The summed E-state index contributed by atoms with van der Waals surface area (Å²) in [5.74, 6) is 0.226. The Bertz CT molecular complexity index is 1020. The minimum Gasteiger partial charge on any atom is -0.294 e. The van der Waals surface area contributed by atoms with Crippen LogP contribution in [0.5, 0.6) is 0 Å². The molecule has 0 N–H and O–H groups in total. The first-order valence-electron chi connectivity index (χ1n) is 7.93. The lowest BCUT2D eigenvalue weighted by Gasteiger charge is -1.92. The van der Waals surface area contributed by atoms with Crippen molar-refractivity contribution in [3.05, 3.63) is 58.3 Å². The molecule has 4 rings (SSSR count). The van der Waals surface area contributed by atoms with Crippen molar-refractivity contribution in [2.45, 2.75) is 13.8 Å². The molecule has 130 valence electrons. The predicted octanol–water partition coefficient (Wildman–Crippen LogP) is 7.34. The molecule has 0 atom stereocenters. The smallest absolute Gasteiger partial charge is 0.169 e. The first-order chi connectivity index (χ1) is 12.5. The molecule has 6 heteroatoms. The molecular weight excluding hydrogens is 400 g/mol. The molecule has 0 aliphatic carbocycles. The molecule has 0 spiro atoms. The van der Waals surface area contributed by atoms with Crippen LogP contribution in [0.4, 0.5) is 0 Å². The Morgan fingerprint density at radius 3 is 1.04 bits per heavy atom. The highest BCUT2D eigenvalue weighted by molar-refractivity contribution is 7.28. The van der Waals surface area contributed by atoms with Crippen molar-refractivity contribution in [2.75, 3.05) is 0 Å². The van der Waals surface area contributed by atoms with Crippen molar-refractivity contribution in [3.63, 3.8) is 0 Å². The Morgan fingerprint density at radius 1 is 0.500 bits per heavy atom. The lowest BCUT2D eigenvalue weighted by atomic mass is 10.3. The fourth-order valence-electron chi connectivity index (χ4n) is 2.52. The second-order valence-electron chi connectivity index (χ2n) is 5.77. The van der Waals surface area contributed by atoms with Gasteiger partial charge in [0, 0.05) is 29.3 Å². The fraction of sp³-hybridized carbons (Fsp3) is 0.100. The van der Waals surface area contributed by atoms with Gasteiger partial charge in [-0.1, -0.05) is 0 Å². The number of carbonyl (C=O) groups is 2. The van der Waals surface area contributed by atoms with Crippen LogP contribution in [0.25, 0.3) is 29.3 Å². The zero-order chi connectivity index (χ0) is 18.3. The van der Waals surface area contributed by atoms with Crippen molar-refractivity contribution >= 4 is 56.9 Å². The van der Waals surface area contributed by atoms with Gasteiger partial charge in [-0.15, -0.1) is 45.3 Å². The maximum atomic E-state index is 11.5. The molecule has 0 aliphatic heterocycles. The highest BCUT2D eigenvalue weighted by atomic mass is 32.1. The van der Waals surface area contributed by atoms with Gasteiger partial charge in [0.25, 0.3) is 0 Å². The molecule has 0 aliphatic rings. The number of thiophene rings is 4. The SMILES string of the molecule is CC(=O)c1ccc(-c2ccc(-c3ccc(-c4ccc(C(C)=O)s4)s3)s2)s1. The molecule has 0 bridgehead atoms. The number of Topliss-reactive ketones (excluding diaryl/α,β-unsaturated/α-hetero) is 2. The van der Waals surface area contributed by atoms with E-state index in [1.165, 1.54) is 19.5 Å². The van der Waals surface area contributed by atoms with Crippen LogP contribution in [0.15, 0.2) is 48.5 Å². The fourth-order valence-corrected chi connectivity index (χ4v) is 6.61. The van der Waals surface area contributed by atoms with Gasteiger partial charge >= 0.3 is 0 Å². The summed E-state index contributed by atoms with van der Waals surface area (Å²) in [6.45, 7) is 3.20. The lowest BCUT2D eigenvalue weighted by Crippen LogP contribution is -1.83. The quantitative estimate of drug-likeness (QED) is 0.320. The molecule has 2 nitrogen and oxygen atoms in total. The molecule has 4 aromatic rings. The molecule has 0 saturated carbocycles. The highest BCUT2D eigenvalue weighted by Gasteiger charge is 2.13. The minimum atomic E-state index is 0.113. The molecular formula is C20H14O2S4. The second-order valence-corrected chi connectivity index (χ2v) is 10.1. The van der Waals surface area contributed by atoms with Crippen molar-refractivity contribution in [1.82, 2.24) is 0 Å². The minimum absolute atomic E-state index is 0.113. The van der Waals surface area contributed by atoms with Gasteiger partial charge in [-0.3, -0.25) is 9.59 Å². The molecule has 0 radical (unpaired) electrons. The van der Waals surface area contributed by atoms with Crippen LogP contribution < -0.4 is 0 Å². The van der Waals surface area contributed by atoms with Crippen LogP contribution in [-0.2, 0) is 0 Å². The van der Waals surface area contributed by atoms with E-state index in [0.717, 1.165) is 19.5 Å². The first-order valence-corrected chi connectivity index (χ1v) is 11.2. The van der Waals surface area contributed by atoms with Crippen LogP contribution in [0.3, 0.4) is 0 Å². The molecule has 26 heavy (non-hydrogen) atoms. The monoisotopic (exact) mass is 414 g/mol. The van der Waals surface area contributed by atoms with Gasteiger partial charge in [-0.2, -0.15) is 0 Å². The van der Waals surface area contributed by atoms with Crippen molar-refractivity contribution in [1.29, 1.82) is 0 Å². The topological polar surface area (TPSA) is 34.1 Å². The zero-order valence-corrected chi connectivity index (χ0v) is 17.3. The maximum absolute atomic E-state index is 11.5. The average molecular weight is 415 g/mol. The van der Waals surface area contributed by atoms with Crippen LogP contribution in [-0.4, -0.2) is 11.6 Å². The van der Waals surface area contributed by atoms with Crippen LogP contribution in [0, 0.1) is 0 Å². The van der Waals surface area contributed by atoms with E-state index in [9.17, 15) is 9.59 Å². The summed E-state index contributed by atoms with van der Waals surface area (Å²) in [7, 11) is 0. The number of carbonyl (C=O) groups excluding carboxylic acids is 2. The van der Waals surface area contributed by atoms with Crippen LogP contribution in [0.1, 0.15) is 33.2 Å². The Kier molecular flexibility index (Phi) is 4.75. The summed E-state index contributed by atoms with van der Waals surface area (Å²) < 4.78 is 0. The molecule has 0 saturated heterocycles. The Balaban J connectivity index is 1.60. The largest absolute Gasteiger partial charge is 0.294 e. The van der Waals surface area contributed by atoms with E-state index in [4.69, 9.17) is 0 Å². The Hall–Kier alpha value is -1.86. The lowest BCUT2D eigenvalue weighted by molar-refractivity contribution is 0.101. The van der Waals surface area contributed by atoms with Gasteiger partial charge < -0.3 is 0 Å². The summed E-state index contributed by atoms with van der Waals surface area (Å²) >= 11 is 6.57. The van der Waals surface area contributed by atoms with Crippen molar-refractivity contribution in [3.8, 4) is 29.3 Å².